The Labute approximate surface area is 128 Å². The van der Waals surface area contributed by atoms with E-state index in [2.05, 4.69) is 11.6 Å². The highest BCUT2D eigenvalue weighted by Crippen LogP contribution is 2.38. The van der Waals surface area contributed by atoms with Crippen LogP contribution in [0, 0.1) is 0 Å². The Morgan fingerprint density at radius 3 is 2.70 bits per heavy atom. The Kier molecular flexibility index (Phi) is 5.49. The molecule has 0 spiro atoms. The molecular formula is C13H22N2O3S2. The second-order valence-electron chi connectivity index (χ2n) is 5.43. The van der Waals surface area contributed by atoms with Crippen molar-refractivity contribution in [1.82, 2.24) is 10.2 Å². The van der Waals surface area contributed by atoms with E-state index < -0.39 is 12.0 Å². The number of amides is 2. The van der Waals surface area contributed by atoms with Crippen LogP contribution in [0.15, 0.2) is 0 Å². The van der Waals surface area contributed by atoms with Crippen molar-refractivity contribution < 1.29 is 14.7 Å². The highest BCUT2D eigenvalue weighted by molar-refractivity contribution is 8.00. The van der Waals surface area contributed by atoms with Gasteiger partial charge in [0.2, 0.25) is 0 Å². The summed E-state index contributed by atoms with van der Waals surface area (Å²) >= 11 is 3.32. The molecule has 1 heterocycles. The van der Waals surface area contributed by atoms with Gasteiger partial charge >= 0.3 is 12.0 Å². The van der Waals surface area contributed by atoms with Gasteiger partial charge in [-0.25, -0.2) is 9.59 Å². The van der Waals surface area contributed by atoms with Gasteiger partial charge < -0.3 is 15.3 Å². The summed E-state index contributed by atoms with van der Waals surface area (Å²) in [6, 6.07) is -0.919. The summed E-state index contributed by atoms with van der Waals surface area (Å²) in [5.74, 6) is 0.0354. The maximum absolute atomic E-state index is 12.2. The maximum atomic E-state index is 12.2. The molecule has 2 fully saturated rings. The van der Waals surface area contributed by atoms with Crippen LogP contribution in [-0.4, -0.2) is 57.2 Å². The minimum absolute atomic E-state index is 0.138. The Hall–Kier alpha value is -0.560. The molecule has 0 bridgehead atoms. The minimum atomic E-state index is -0.914. The van der Waals surface area contributed by atoms with Gasteiger partial charge in [-0.05, 0) is 19.1 Å². The molecular weight excluding hydrogens is 296 g/mol. The largest absolute Gasteiger partial charge is 0.480 e. The highest BCUT2D eigenvalue weighted by atomic mass is 32.2. The predicted molar refractivity (Wildman–Crippen MR) is 83.3 cm³/mol. The van der Waals surface area contributed by atoms with Crippen molar-refractivity contribution in [2.24, 2.45) is 0 Å². The van der Waals surface area contributed by atoms with E-state index in [0.29, 0.717) is 18.2 Å². The van der Waals surface area contributed by atoms with Crippen LogP contribution in [0.4, 0.5) is 4.79 Å². The molecule has 7 heteroatoms. The number of nitrogens with zero attached hydrogens (tertiary/aromatic N) is 1. The van der Waals surface area contributed by atoms with Crippen molar-refractivity contribution in [3.05, 3.63) is 0 Å². The van der Waals surface area contributed by atoms with Crippen LogP contribution in [0.3, 0.4) is 0 Å². The number of hydrogen-bond donors (Lipinski definition) is 2. The lowest BCUT2D eigenvalue weighted by atomic mass is 9.88. The zero-order valence-corrected chi connectivity index (χ0v) is 13.4. The Balaban J connectivity index is 1.89. The smallest absolute Gasteiger partial charge is 0.327 e. The second kappa shape index (κ2) is 6.93. The number of aliphatic carboxylic acids is 1. The fourth-order valence-corrected chi connectivity index (χ4v) is 4.89. The van der Waals surface area contributed by atoms with Gasteiger partial charge in [-0.2, -0.15) is 11.8 Å². The lowest BCUT2D eigenvalue weighted by Gasteiger charge is -2.36. The molecule has 1 aliphatic carbocycles. The SMILES string of the molecule is CSC1(CNC(=O)N2CSC[C@H]2C(=O)O)CCCCC1. The van der Waals surface area contributed by atoms with E-state index in [4.69, 9.17) is 5.11 Å². The molecule has 2 amide bonds. The van der Waals surface area contributed by atoms with E-state index in [0.717, 1.165) is 12.8 Å². The predicted octanol–water partition coefficient (Wildman–Crippen LogP) is 2.22. The molecule has 5 nitrogen and oxygen atoms in total. The number of rotatable bonds is 4. The monoisotopic (exact) mass is 318 g/mol. The van der Waals surface area contributed by atoms with Crippen LogP contribution in [-0.2, 0) is 4.79 Å². The maximum Gasteiger partial charge on any atom is 0.327 e. The minimum Gasteiger partial charge on any atom is -0.480 e. The van der Waals surface area contributed by atoms with Crippen LogP contribution in [0.2, 0.25) is 0 Å². The zero-order chi connectivity index (χ0) is 14.6. The van der Waals surface area contributed by atoms with E-state index in [1.807, 2.05) is 11.8 Å². The summed E-state index contributed by atoms with van der Waals surface area (Å²) in [5.41, 5.74) is 0. The number of thioether (sulfide) groups is 2. The molecule has 1 aliphatic heterocycles. The fourth-order valence-electron chi connectivity index (χ4n) is 2.83. The van der Waals surface area contributed by atoms with Gasteiger partial charge in [-0.3, -0.25) is 0 Å². The lowest BCUT2D eigenvalue weighted by molar-refractivity contribution is -0.140. The van der Waals surface area contributed by atoms with Gasteiger partial charge in [-0.15, -0.1) is 11.8 Å². The number of nitrogens with one attached hydrogen (secondary N) is 1. The first-order chi connectivity index (χ1) is 9.58. The number of carboxylic acid groups (broad SMARTS) is 1. The first kappa shape index (κ1) is 15.8. The summed E-state index contributed by atoms with van der Waals surface area (Å²) in [6.07, 6.45) is 8.07. The molecule has 0 aromatic heterocycles. The molecule has 1 atom stereocenters. The van der Waals surface area contributed by atoms with Gasteiger partial charge in [0.1, 0.15) is 6.04 Å². The normalized spacial score (nSPS) is 25.4. The first-order valence-electron chi connectivity index (χ1n) is 6.98. The molecule has 2 aliphatic rings. The molecule has 2 N–H and O–H groups in total. The third kappa shape index (κ3) is 3.55. The number of carbonyl (C=O) groups excluding carboxylic acids is 1. The van der Waals surface area contributed by atoms with E-state index in [-0.39, 0.29) is 10.8 Å². The quantitative estimate of drug-likeness (QED) is 0.832. The van der Waals surface area contributed by atoms with Crippen molar-refractivity contribution in [2.45, 2.75) is 42.9 Å². The molecule has 1 saturated heterocycles. The summed E-state index contributed by atoms with van der Waals surface area (Å²) in [6.45, 7) is 0.639. The van der Waals surface area contributed by atoms with Crippen molar-refractivity contribution in [3.8, 4) is 0 Å². The summed E-state index contributed by atoms with van der Waals surface area (Å²) in [5, 5.41) is 12.1. The lowest BCUT2D eigenvalue weighted by Crippen LogP contribution is -2.50. The topological polar surface area (TPSA) is 69.6 Å². The third-order valence-corrected chi connectivity index (χ3v) is 6.62. The van der Waals surface area contributed by atoms with E-state index in [9.17, 15) is 9.59 Å². The first-order valence-corrected chi connectivity index (χ1v) is 9.36. The second-order valence-corrected chi connectivity index (χ2v) is 7.70. The van der Waals surface area contributed by atoms with Crippen LogP contribution in [0.25, 0.3) is 0 Å². The molecule has 0 aromatic carbocycles. The van der Waals surface area contributed by atoms with E-state index in [1.165, 1.54) is 35.9 Å². The average Bonchev–Trinajstić information content (AvgIpc) is 2.95. The Bertz CT molecular complexity index is 373. The van der Waals surface area contributed by atoms with E-state index in [1.54, 1.807) is 0 Å². The number of hydrogen-bond acceptors (Lipinski definition) is 4. The van der Waals surface area contributed by atoms with Crippen molar-refractivity contribution >= 4 is 35.5 Å². The van der Waals surface area contributed by atoms with Gasteiger partial charge in [0.25, 0.3) is 0 Å². The Morgan fingerprint density at radius 2 is 2.10 bits per heavy atom. The number of carboxylic acids is 1. The summed E-state index contributed by atoms with van der Waals surface area (Å²) in [7, 11) is 0. The van der Waals surface area contributed by atoms with Crippen molar-refractivity contribution in [2.75, 3.05) is 24.4 Å². The Morgan fingerprint density at radius 1 is 1.40 bits per heavy atom. The fraction of sp³-hybridized carbons (Fsp3) is 0.846. The van der Waals surface area contributed by atoms with Crippen LogP contribution >= 0.6 is 23.5 Å². The number of urea groups is 1. The van der Waals surface area contributed by atoms with Crippen LogP contribution in [0.5, 0.6) is 0 Å². The van der Waals surface area contributed by atoms with Crippen molar-refractivity contribution in [1.29, 1.82) is 0 Å². The van der Waals surface area contributed by atoms with Crippen LogP contribution in [0.1, 0.15) is 32.1 Å². The molecule has 0 aromatic rings. The summed E-state index contributed by atoms with van der Waals surface area (Å²) < 4.78 is 0.138. The molecule has 20 heavy (non-hydrogen) atoms. The molecule has 114 valence electrons. The van der Waals surface area contributed by atoms with Gasteiger partial charge in [0, 0.05) is 17.0 Å². The third-order valence-electron chi connectivity index (χ3n) is 4.19. The van der Waals surface area contributed by atoms with E-state index >= 15 is 0 Å². The number of carbonyl (C=O) groups is 2. The highest BCUT2D eigenvalue weighted by Gasteiger charge is 2.36. The summed E-state index contributed by atoms with van der Waals surface area (Å²) in [4.78, 5) is 24.7. The molecule has 0 unspecified atom stereocenters. The zero-order valence-electron chi connectivity index (χ0n) is 11.8. The van der Waals surface area contributed by atoms with Gasteiger partial charge in [0.05, 0.1) is 5.88 Å². The molecule has 1 saturated carbocycles. The van der Waals surface area contributed by atoms with Crippen LogP contribution < -0.4 is 5.32 Å². The average molecular weight is 318 g/mol. The van der Waals surface area contributed by atoms with Gasteiger partial charge in [-0.1, -0.05) is 19.3 Å². The standard InChI is InChI=1S/C13H22N2O3S2/c1-19-13(5-3-2-4-6-13)8-14-12(18)15-9-20-7-10(15)11(16)17/h10H,2-9H2,1H3,(H,14,18)(H,16,17)/t10-/m0/s1. The van der Waals surface area contributed by atoms with Gasteiger partial charge in [0.15, 0.2) is 0 Å². The molecule has 0 radical (unpaired) electrons. The molecule has 2 rings (SSSR count). The van der Waals surface area contributed by atoms with Crippen molar-refractivity contribution in [3.63, 3.8) is 0 Å².